The largest absolute Gasteiger partial charge is 0.484 e. The molecule has 0 heterocycles. The average Bonchev–Trinajstić information content (AvgIpc) is 2.88. The zero-order chi connectivity index (χ0) is 26.1. The molecule has 5 nitrogen and oxygen atoms in total. The van der Waals surface area contributed by atoms with Gasteiger partial charge in [0.2, 0.25) is 5.91 Å². The average molecular weight is 511 g/mol. The lowest BCUT2D eigenvalue weighted by atomic mass is 10.0. The molecule has 0 spiro atoms. The molecule has 1 unspecified atom stereocenters. The molecule has 0 fully saturated rings. The lowest BCUT2D eigenvalue weighted by Gasteiger charge is -2.31. The van der Waals surface area contributed by atoms with E-state index in [1.54, 1.807) is 30.3 Å². The molecule has 36 heavy (non-hydrogen) atoms. The number of halogens is 2. The minimum atomic E-state index is -0.844. The van der Waals surface area contributed by atoms with E-state index >= 15 is 0 Å². The van der Waals surface area contributed by atoms with E-state index in [0.717, 1.165) is 23.1 Å². The van der Waals surface area contributed by atoms with Crippen molar-refractivity contribution < 1.29 is 18.7 Å². The Labute approximate surface area is 217 Å². The van der Waals surface area contributed by atoms with Crippen molar-refractivity contribution in [2.45, 2.75) is 46.2 Å². The van der Waals surface area contributed by atoms with Crippen molar-refractivity contribution in [2.75, 3.05) is 13.2 Å². The minimum absolute atomic E-state index is 0.0649. The Balaban J connectivity index is 1.92. The number of carbonyl (C=O) groups is 2. The van der Waals surface area contributed by atoms with Gasteiger partial charge in [-0.1, -0.05) is 67.1 Å². The van der Waals surface area contributed by atoms with Crippen LogP contribution in [0.15, 0.2) is 66.7 Å². The van der Waals surface area contributed by atoms with Gasteiger partial charge in [-0.3, -0.25) is 9.59 Å². The van der Waals surface area contributed by atoms with Crippen molar-refractivity contribution in [1.29, 1.82) is 0 Å². The molecule has 7 heteroatoms. The number of amides is 2. The molecular weight excluding hydrogens is 479 g/mol. The van der Waals surface area contributed by atoms with Gasteiger partial charge >= 0.3 is 0 Å². The molecule has 3 aromatic carbocycles. The van der Waals surface area contributed by atoms with Crippen LogP contribution in [0.4, 0.5) is 4.39 Å². The first-order chi connectivity index (χ1) is 17.3. The van der Waals surface area contributed by atoms with Crippen LogP contribution in [0.3, 0.4) is 0 Å². The Morgan fingerprint density at radius 1 is 1.03 bits per heavy atom. The SMILES string of the molecule is CCCNC(=O)C(Cc1ccccc1)N(Cc1ccccc1F)C(=O)COc1cc(C)c(Cl)c(C)c1. The molecular formula is C29H32ClFN2O3. The van der Waals surface area contributed by atoms with Gasteiger partial charge in [-0.05, 0) is 55.2 Å². The number of nitrogens with one attached hydrogen (secondary N) is 1. The Bertz CT molecular complexity index is 1160. The fraction of sp³-hybridized carbons (Fsp3) is 0.310. The third-order valence-corrected chi connectivity index (χ3v) is 6.49. The summed E-state index contributed by atoms with van der Waals surface area (Å²) in [5.41, 5.74) is 2.89. The van der Waals surface area contributed by atoms with Gasteiger partial charge in [0.15, 0.2) is 6.61 Å². The maximum absolute atomic E-state index is 14.6. The van der Waals surface area contributed by atoms with Crippen LogP contribution in [0, 0.1) is 19.7 Å². The van der Waals surface area contributed by atoms with Crippen LogP contribution in [0.25, 0.3) is 0 Å². The Kier molecular flexibility index (Phi) is 9.88. The molecule has 1 atom stereocenters. The molecule has 0 radical (unpaired) electrons. The molecule has 0 aliphatic rings. The molecule has 1 N–H and O–H groups in total. The molecule has 0 aromatic heterocycles. The van der Waals surface area contributed by atoms with Crippen LogP contribution in [-0.4, -0.2) is 35.9 Å². The number of hydrogen-bond acceptors (Lipinski definition) is 3. The predicted octanol–water partition coefficient (Wildman–Crippen LogP) is 5.64. The van der Waals surface area contributed by atoms with Gasteiger partial charge < -0.3 is 15.0 Å². The summed E-state index contributed by atoms with van der Waals surface area (Å²) in [4.78, 5) is 28.2. The van der Waals surface area contributed by atoms with Gasteiger partial charge in [0.05, 0.1) is 0 Å². The fourth-order valence-electron chi connectivity index (χ4n) is 3.95. The maximum atomic E-state index is 14.6. The van der Waals surface area contributed by atoms with Crippen LogP contribution < -0.4 is 10.1 Å². The number of carbonyl (C=O) groups excluding carboxylic acids is 2. The first-order valence-electron chi connectivity index (χ1n) is 12.0. The highest BCUT2D eigenvalue weighted by atomic mass is 35.5. The highest BCUT2D eigenvalue weighted by Crippen LogP contribution is 2.26. The molecule has 0 saturated heterocycles. The number of rotatable bonds is 11. The topological polar surface area (TPSA) is 58.6 Å². The van der Waals surface area contributed by atoms with Crippen LogP contribution in [-0.2, 0) is 22.6 Å². The summed E-state index contributed by atoms with van der Waals surface area (Å²) in [6.45, 7) is 5.79. The van der Waals surface area contributed by atoms with Gasteiger partial charge in [0.1, 0.15) is 17.6 Å². The van der Waals surface area contributed by atoms with Gasteiger partial charge in [-0.15, -0.1) is 0 Å². The van der Waals surface area contributed by atoms with Crippen molar-refractivity contribution in [2.24, 2.45) is 0 Å². The fourth-order valence-corrected chi connectivity index (χ4v) is 4.06. The molecule has 3 rings (SSSR count). The van der Waals surface area contributed by atoms with E-state index in [1.165, 1.54) is 11.0 Å². The number of nitrogens with zero attached hydrogens (tertiary/aromatic N) is 1. The van der Waals surface area contributed by atoms with E-state index < -0.39 is 17.8 Å². The summed E-state index contributed by atoms with van der Waals surface area (Å²) >= 11 is 6.25. The second-order valence-electron chi connectivity index (χ2n) is 8.77. The lowest BCUT2D eigenvalue weighted by molar-refractivity contribution is -0.142. The second kappa shape index (κ2) is 13.1. The third kappa shape index (κ3) is 7.31. The zero-order valence-electron chi connectivity index (χ0n) is 20.9. The van der Waals surface area contributed by atoms with Crippen molar-refractivity contribution >= 4 is 23.4 Å². The molecule has 0 saturated carbocycles. The van der Waals surface area contributed by atoms with E-state index in [9.17, 15) is 14.0 Å². The molecule has 2 amide bonds. The van der Waals surface area contributed by atoms with Crippen LogP contribution in [0.2, 0.25) is 5.02 Å². The number of aryl methyl sites for hydroxylation is 2. The number of benzene rings is 3. The smallest absolute Gasteiger partial charge is 0.261 e. The summed E-state index contributed by atoms with van der Waals surface area (Å²) in [5.74, 6) is -0.643. The summed E-state index contributed by atoms with van der Waals surface area (Å²) in [6.07, 6.45) is 1.04. The number of hydrogen-bond donors (Lipinski definition) is 1. The monoisotopic (exact) mass is 510 g/mol. The summed E-state index contributed by atoms with van der Waals surface area (Å²) in [5, 5.41) is 3.55. The van der Waals surface area contributed by atoms with Crippen molar-refractivity contribution in [3.8, 4) is 5.75 Å². The first-order valence-corrected chi connectivity index (χ1v) is 12.4. The third-order valence-electron chi connectivity index (χ3n) is 5.89. The predicted molar refractivity (Wildman–Crippen MR) is 141 cm³/mol. The van der Waals surface area contributed by atoms with Crippen LogP contribution in [0.1, 0.15) is 35.6 Å². The Hall–Kier alpha value is -3.38. The maximum Gasteiger partial charge on any atom is 0.261 e. The standard InChI is InChI=1S/C29H32ClFN2O3/c1-4-14-32-29(35)26(17-22-10-6-5-7-11-22)33(18-23-12-8-9-13-25(23)31)27(34)19-36-24-15-20(2)28(30)21(3)16-24/h5-13,15-16,26H,4,14,17-19H2,1-3H3,(H,32,35). The van der Waals surface area contributed by atoms with Crippen molar-refractivity contribution in [3.05, 3.63) is 99.8 Å². The minimum Gasteiger partial charge on any atom is -0.484 e. The van der Waals surface area contributed by atoms with E-state index in [-0.39, 0.29) is 25.5 Å². The lowest BCUT2D eigenvalue weighted by Crippen LogP contribution is -2.52. The zero-order valence-corrected chi connectivity index (χ0v) is 21.6. The van der Waals surface area contributed by atoms with Gasteiger partial charge in [0.25, 0.3) is 5.91 Å². The highest BCUT2D eigenvalue weighted by molar-refractivity contribution is 6.32. The Morgan fingerprint density at radius 3 is 2.31 bits per heavy atom. The quantitative estimate of drug-likeness (QED) is 0.363. The van der Waals surface area contributed by atoms with E-state index in [0.29, 0.717) is 22.9 Å². The molecule has 190 valence electrons. The molecule has 0 bridgehead atoms. The van der Waals surface area contributed by atoms with E-state index in [4.69, 9.17) is 16.3 Å². The normalized spacial score (nSPS) is 11.6. The molecule has 0 aliphatic heterocycles. The van der Waals surface area contributed by atoms with Gasteiger partial charge in [-0.25, -0.2) is 4.39 Å². The van der Waals surface area contributed by atoms with Crippen LogP contribution in [0.5, 0.6) is 5.75 Å². The van der Waals surface area contributed by atoms with Crippen LogP contribution >= 0.6 is 11.6 Å². The second-order valence-corrected chi connectivity index (χ2v) is 9.15. The Morgan fingerprint density at radius 2 is 1.67 bits per heavy atom. The molecule has 0 aliphatic carbocycles. The van der Waals surface area contributed by atoms with Crippen molar-refractivity contribution in [3.63, 3.8) is 0 Å². The summed E-state index contributed by atoms with van der Waals surface area (Å²) in [7, 11) is 0. The van der Waals surface area contributed by atoms with Gasteiger partial charge in [0, 0.05) is 30.1 Å². The number of ether oxygens (including phenoxy) is 1. The van der Waals surface area contributed by atoms with Gasteiger partial charge in [-0.2, -0.15) is 0 Å². The van der Waals surface area contributed by atoms with E-state index in [2.05, 4.69) is 5.32 Å². The van der Waals surface area contributed by atoms with E-state index in [1.807, 2.05) is 51.1 Å². The molecule has 3 aromatic rings. The summed E-state index contributed by atoms with van der Waals surface area (Å²) < 4.78 is 20.4. The first kappa shape index (κ1) is 27.2. The highest BCUT2D eigenvalue weighted by Gasteiger charge is 2.31. The van der Waals surface area contributed by atoms with Crippen molar-refractivity contribution in [1.82, 2.24) is 10.2 Å². The summed E-state index contributed by atoms with van der Waals surface area (Å²) in [6, 6.07) is 18.4.